The number of aromatic nitrogens is 1. The minimum absolute atomic E-state index is 0.0667. The van der Waals surface area contributed by atoms with Gasteiger partial charge in [-0.25, -0.2) is 4.98 Å². The Hall–Kier alpha value is -2.64. The number of amides is 1. The topological polar surface area (TPSA) is 66.9 Å². The molecule has 0 atom stereocenters. The molecule has 2 aliphatic heterocycles. The van der Waals surface area contributed by atoms with Crippen LogP contribution >= 0.6 is 0 Å². The van der Waals surface area contributed by atoms with Crippen molar-refractivity contribution in [3.63, 3.8) is 0 Å². The third kappa shape index (κ3) is 5.70. The van der Waals surface area contributed by atoms with Crippen molar-refractivity contribution in [1.82, 2.24) is 10.3 Å². The van der Waals surface area contributed by atoms with Gasteiger partial charge >= 0.3 is 0 Å². The van der Waals surface area contributed by atoms with Gasteiger partial charge in [-0.05, 0) is 41.8 Å². The fourth-order valence-corrected chi connectivity index (χ4v) is 3.77. The maximum atomic E-state index is 12.3. The fraction of sp³-hybridized carbons (Fsp3) is 0.478. The minimum Gasteiger partial charge on any atom is -0.378 e. The van der Waals surface area contributed by atoms with E-state index in [0.717, 1.165) is 69.6 Å². The highest BCUT2D eigenvalue weighted by molar-refractivity contribution is 5.76. The Morgan fingerprint density at radius 1 is 0.900 bits per heavy atom. The summed E-state index contributed by atoms with van der Waals surface area (Å²) in [7, 11) is 0. The van der Waals surface area contributed by atoms with Crippen molar-refractivity contribution in [2.45, 2.75) is 19.4 Å². The summed E-state index contributed by atoms with van der Waals surface area (Å²) < 4.78 is 10.8. The van der Waals surface area contributed by atoms with E-state index in [0.29, 0.717) is 19.4 Å². The highest BCUT2D eigenvalue weighted by atomic mass is 16.5. The summed E-state index contributed by atoms with van der Waals surface area (Å²) in [6.45, 7) is 7.17. The van der Waals surface area contributed by atoms with Crippen molar-refractivity contribution in [2.75, 3.05) is 62.4 Å². The smallest absolute Gasteiger partial charge is 0.220 e. The van der Waals surface area contributed by atoms with E-state index in [-0.39, 0.29) is 5.91 Å². The molecule has 0 aliphatic carbocycles. The van der Waals surface area contributed by atoms with Gasteiger partial charge in [0.05, 0.1) is 26.4 Å². The first-order valence-corrected chi connectivity index (χ1v) is 10.7. The Labute approximate surface area is 178 Å². The summed E-state index contributed by atoms with van der Waals surface area (Å²) in [5, 5.41) is 3.03. The third-order valence-electron chi connectivity index (χ3n) is 5.59. The Balaban J connectivity index is 1.22. The van der Waals surface area contributed by atoms with Crippen LogP contribution in [-0.2, 0) is 27.2 Å². The lowest BCUT2D eigenvalue weighted by Gasteiger charge is -2.28. The molecule has 1 aromatic heterocycles. The molecule has 2 aliphatic rings. The molecule has 4 rings (SSSR count). The van der Waals surface area contributed by atoms with Gasteiger partial charge < -0.3 is 24.6 Å². The Morgan fingerprint density at radius 3 is 2.27 bits per heavy atom. The molecule has 7 nitrogen and oxygen atoms in total. The lowest BCUT2D eigenvalue weighted by molar-refractivity contribution is -0.121. The molecule has 30 heavy (non-hydrogen) atoms. The van der Waals surface area contributed by atoms with Gasteiger partial charge in [-0.2, -0.15) is 0 Å². The summed E-state index contributed by atoms with van der Waals surface area (Å²) in [5.74, 6) is 1.04. The molecule has 160 valence electrons. The van der Waals surface area contributed by atoms with E-state index in [9.17, 15) is 4.79 Å². The van der Waals surface area contributed by atoms with Crippen molar-refractivity contribution >= 4 is 17.4 Å². The van der Waals surface area contributed by atoms with Gasteiger partial charge in [0.1, 0.15) is 5.82 Å². The van der Waals surface area contributed by atoms with Crippen LogP contribution in [0.3, 0.4) is 0 Å². The predicted octanol–water partition coefficient (Wildman–Crippen LogP) is 2.00. The minimum atomic E-state index is 0.0667. The number of nitrogens with one attached hydrogen (secondary N) is 1. The number of benzene rings is 1. The molecule has 3 heterocycles. The number of hydrogen-bond donors (Lipinski definition) is 1. The molecule has 7 heteroatoms. The summed E-state index contributed by atoms with van der Waals surface area (Å²) >= 11 is 0. The van der Waals surface area contributed by atoms with E-state index in [1.807, 2.05) is 12.3 Å². The van der Waals surface area contributed by atoms with E-state index < -0.39 is 0 Å². The Kier molecular flexibility index (Phi) is 7.16. The van der Waals surface area contributed by atoms with E-state index in [1.165, 1.54) is 5.69 Å². The van der Waals surface area contributed by atoms with Crippen LogP contribution in [0, 0.1) is 0 Å². The van der Waals surface area contributed by atoms with Gasteiger partial charge in [-0.1, -0.05) is 12.1 Å². The first kappa shape index (κ1) is 20.6. The van der Waals surface area contributed by atoms with Crippen molar-refractivity contribution in [3.8, 4) is 0 Å². The lowest BCUT2D eigenvalue weighted by atomic mass is 10.1. The number of aryl methyl sites for hydroxylation is 1. The van der Waals surface area contributed by atoms with Crippen LogP contribution in [0.15, 0.2) is 42.6 Å². The van der Waals surface area contributed by atoms with Crippen molar-refractivity contribution < 1.29 is 14.3 Å². The molecule has 0 unspecified atom stereocenters. The molecule has 1 amide bonds. The summed E-state index contributed by atoms with van der Waals surface area (Å²) in [6.07, 6.45) is 3.01. The fourth-order valence-electron chi connectivity index (χ4n) is 3.77. The molecule has 2 saturated heterocycles. The number of carbonyl (C=O) groups is 1. The van der Waals surface area contributed by atoms with Crippen LogP contribution in [0.2, 0.25) is 0 Å². The molecule has 2 fully saturated rings. The normalized spacial score (nSPS) is 17.1. The lowest BCUT2D eigenvalue weighted by Crippen LogP contribution is -2.36. The highest BCUT2D eigenvalue weighted by Gasteiger charge is 2.13. The predicted molar refractivity (Wildman–Crippen MR) is 117 cm³/mol. The first-order valence-electron chi connectivity index (χ1n) is 10.7. The second-order valence-corrected chi connectivity index (χ2v) is 7.66. The average molecular weight is 411 g/mol. The van der Waals surface area contributed by atoms with Crippen LogP contribution < -0.4 is 15.1 Å². The number of hydrogen-bond acceptors (Lipinski definition) is 6. The van der Waals surface area contributed by atoms with Crippen LogP contribution in [0.4, 0.5) is 11.5 Å². The standard InChI is InChI=1S/C23H30N4O3/c28-23(6-3-19-7-8-24-22(17-19)27-11-15-30-16-12-27)25-18-20-1-4-21(5-2-20)26-9-13-29-14-10-26/h1-2,4-5,7-8,17H,3,6,9-16,18H2,(H,25,28). The zero-order chi connectivity index (χ0) is 20.6. The Morgan fingerprint density at radius 2 is 1.57 bits per heavy atom. The molecule has 0 spiro atoms. The van der Waals surface area contributed by atoms with Crippen molar-refractivity contribution in [2.24, 2.45) is 0 Å². The zero-order valence-electron chi connectivity index (χ0n) is 17.4. The van der Waals surface area contributed by atoms with Crippen molar-refractivity contribution in [3.05, 3.63) is 53.7 Å². The van der Waals surface area contributed by atoms with E-state index in [1.54, 1.807) is 0 Å². The van der Waals surface area contributed by atoms with Gasteiger partial charge in [0, 0.05) is 51.0 Å². The van der Waals surface area contributed by atoms with E-state index in [2.05, 4.69) is 50.4 Å². The van der Waals surface area contributed by atoms with E-state index >= 15 is 0 Å². The second kappa shape index (κ2) is 10.4. The number of ether oxygens (including phenoxy) is 2. The van der Waals surface area contributed by atoms with Crippen LogP contribution in [0.5, 0.6) is 0 Å². The number of anilines is 2. The van der Waals surface area contributed by atoms with Crippen LogP contribution in [0.1, 0.15) is 17.5 Å². The molecule has 0 bridgehead atoms. The molecule has 0 saturated carbocycles. The van der Waals surface area contributed by atoms with Gasteiger partial charge in [-0.15, -0.1) is 0 Å². The van der Waals surface area contributed by atoms with Crippen LogP contribution in [-0.4, -0.2) is 63.5 Å². The van der Waals surface area contributed by atoms with Gasteiger partial charge in [0.25, 0.3) is 0 Å². The molecular formula is C23H30N4O3. The quantitative estimate of drug-likeness (QED) is 0.753. The highest BCUT2D eigenvalue weighted by Crippen LogP contribution is 2.17. The van der Waals surface area contributed by atoms with Gasteiger partial charge in [0.2, 0.25) is 5.91 Å². The molecule has 2 aromatic rings. The number of rotatable bonds is 7. The van der Waals surface area contributed by atoms with Gasteiger partial charge in [-0.3, -0.25) is 4.79 Å². The maximum absolute atomic E-state index is 12.3. The second-order valence-electron chi connectivity index (χ2n) is 7.66. The number of morpholine rings is 2. The van der Waals surface area contributed by atoms with Gasteiger partial charge in [0.15, 0.2) is 0 Å². The van der Waals surface area contributed by atoms with E-state index in [4.69, 9.17) is 9.47 Å². The third-order valence-corrected chi connectivity index (χ3v) is 5.59. The monoisotopic (exact) mass is 410 g/mol. The number of pyridine rings is 1. The van der Waals surface area contributed by atoms with Crippen LogP contribution in [0.25, 0.3) is 0 Å². The first-order chi connectivity index (χ1) is 14.8. The molecule has 0 radical (unpaired) electrons. The maximum Gasteiger partial charge on any atom is 0.220 e. The number of nitrogens with zero attached hydrogens (tertiary/aromatic N) is 3. The Bertz CT molecular complexity index is 815. The average Bonchev–Trinajstić information content (AvgIpc) is 2.83. The zero-order valence-corrected chi connectivity index (χ0v) is 17.4. The summed E-state index contributed by atoms with van der Waals surface area (Å²) in [5.41, 5.74) is 3.46. The summed E-state index contributed by atoms with van der Waals surface area (Å²) in [4.78, 5) is 21.3. The molecule has 1 N–H and O–H groups in total. The molecular weight excluding hydrogens is 380 g/mol. The largest absolute Gasteiger partial charge is 0.378 e. The van der Waals surface area contributed by atoms with Crippen molar-refractivity contribution in [1.29, 1.82) is 0 Å². The SMILES string of the molecule is O=C(CCc1ccnc(N2CCOCC2)c1)NCc1ccc(N2CCOCC2)cc1. The molecule has 1 aromatic carbocycles. The number of carbonyl (C=O) groups excluding carboxylic acids is 1. The summed E-state index contributed by atoms with van der Waals surface area (Å²) in [6, 6.07) is 12.5.